The Kier molecular flexibility index (Phi) is 4.56. The predicted octanol–water partition coefficient (Wildman–Crippen LogP) is 3.54. The van der Waals surface area contributed by atoms with Crippen molar-refractivity contribution in [2.45, 2.75) is 38.9 Å². The molecule has 108 valence electrons. The fourth-order valence-electron chi connectivity index (χ4n) is 1.65. The van der Waals surface area contributed by atoms with Gasteiger partial charge in [-0.25, -0.2) is 4.98 Å². The lowest BCUT2D eigenvalue weighted by atomic mass is 10.2. The Bertz CT molecular complexity index is 646. The molecule has 2 aromatic heterocycles. The second-order valence-electron chi connectivity index (χ2n) is 5.54. The second-order valence-corrected chi connectivity index (χ2v) is 8.33. The number of imidazole rings is 1. The third-order valence-electron chi connectivity index (χ3n) is 2.79. The van der Waals surface area contributed by atoms with Crippen molar-refractivity contribution >= 4 is 39.2 Å². The van der Waals surface area contributed by atoms with Gasteiger partial charge in [0.05, 0.1) is 4.47 Å². The molecular weight excluding hydrogens is 338 g/mol. The molecule has 0 fully saturated rings. The van der Waals surface area contributed by atoms with Crippen LogP contribution in [0.15, 0.2) is 27.3 Å². The molecule has 0 amide bonds. The van der Waals surface area contributed by atoms with Gasteiger partial charge in [0, 0.05) is 12.4 Å². The van der Waals surface area contributed by atoms with Crippen LogP contribution in [-0.2, 0) is 17.8 Å². The van der Waals surface area contributed by atoms with E-state index in [1.165, 1.54) is 5.56 Å². The summed E-state index contributed by atoms with van der Waals surface area (Å²) in [5.74, 6) is 0. The number of fused-ring (bicyclic) bond motifs is 1. The molecule has 0 N–H and O–H groups in total. The van der Waals surface area contributed by atoms with Gasteiger partial charge in [0.1, 0.15) is 28.0 Å². The van der Waals surface area contributed by atoms with E-state index in [1.54, 1.807) is 6.21 Å². The number of hydrogen-bond donors (Lipinski definition) is 0. The number of halogens is 1. The zero-order valence-corrected chi connectivity index (χ0v) is 14.5. The zero-order valence-electron chi connectivity index (χ0n) is 12.1. The number of rotatable bonds is 3. The van der Waals surface area contributed by atoms with Crippen molar-refractivity contribution in [2.24, 2.45) is 4.40 Å². The minimum atomic E-state index is -1.26. The van der Waals surface area contributed by atoms with Crippen molar-refractivity contribution < 1.29 is 4.55 Å². The van der Waals surface area contributed by atoms with Crippen LogP contribution in [0.4, 0.5) is 0 Å². The number of pyridine rings is 1. The van der Waals surface area contributed by atoms with E-state index in [0.717, 1.165) is 16.5 Å². The Hall–Kier alpha value is -0.850. The topological polar surface area (TPSA) is 52.7 Å². The highest BCUT2D eigenvalue weighted by molar-refractivity contribution is 9.10. The highest BCUT2D eigenvalue weighted by Gasteiger charge is 2.25. The molecule has 2 rings (SSSR count). The normalized spacial score (nSPS) is 14.3. The molecular formula is C14H18BrN3OS. The monoisotopic (exact) mass is 355 g/mol. The lowest BCUT2D eigenvalue weighted by Gasteiger charge is -2.17. The summed E-state index contributed by atoms with van der Waals surface area (Å²) < 4.78 is 18.5. The Morgan fingerprint density at radius 3 is 2.75 bits per heavy atom. The number of aryl methyl sites for hydroxylation is 1. The second kappa shape index (κ2) is 5.87. The zero-order chi connectivity index (χ0) is 14.9. The van der Waals surface area contributed by atoms with Crippen molar-refractivity contribution in [3.05, 3.63) is 34.2 Å². The van der Waals surface area contributed by atoms with Crippen molar-refractivity contribution in [3.63, 3.8) is 0 Å². The van der Waals surface area contributed by atoms with E-state index in [0.29, 0.717) is 5.69 Å². The van der Waals surface area contributed by atoms with Gasteiger partial charge >= 0.3 is 0 Å². The molecule has 0 aliphatic rings. The first-order valence-corrected chi connectivity index (χ1v) is 8.34. The quantitative estimate of drug-likeness (QED) is 0.624. The van der Waals surface area contributed by atoms with E-state index in [4.69, 9.17) is 0 Å². The molecule has 0 aliphatic heterocycles. The maximum Gasteiger partial charge on any atom is 0.151 e. The van der Waals surface area contributed by atoms with Gasteiger partial charge in [0.25, 0.3) is 0 Å². The fraction of sp³-hybridized carbons (Fsp3) is 0.429. The number of nitrogens with zero attached hydrogens (tertiary/aromatic N) is 3. The van der Waals surface area contributed by atoms with E-state index in [2.05, 4.69) is 38.3 Å². The van der Waals surface area contributed by atoms with Gasteiger partial charge in [-0.2, -0.15) is 0 Å². The molecule has 0 bridgehead atoms. The molecule has 2 aromatic rings. The fourth-order valence-corrected chi connectivity index (χ4v) is 2.75. The van der Waals surface area contributed by atoms with Crippen LogP contribution in [0.25, 0.3) is 5.65 Å². The van der Waals surface area contributed by atoms with Crippen LogP contribution in [0.5, 0.6) is 0 Å². The standard InChI is InChI=1S/C14H18BrN3OS/c1-5-10-6-12(15)13-17-11(9-18(13)8-10)7-16-20(19)14(2,3)4/h6-9H,5H2,1-4H3/b16-7+/t20-/m1/s1. The minimum absolute atomic E-state index is 0.356. The summed E-state index contributed by atoms with van der Waals surface area (Å²) in [6, 6.07) is 2.07. The average Bonchev–Trinajstić information content (AvgIpc) is 2.78. The molecule has 0 aliphatic carbocycles. The van der Waals surface area contributed by atoms with E-state index < -0.39 is 11.4 Å². The minimum Gasteiger partial charge on any atom is -0.591 e. The maximum absolute atomic E-state index is 11.9. The molecule has 0 saturated carbocycles. The molecule has 0 unspecified atom stereocenters. The molecule has 0 spiro atoms. The van der Waals surface area contributed by atoms with Crippen LogP contribution in [0, 0.1) is 0 Å². The van der Waals surface area contributed by atoms with Crippen LogP contribution < -0.4 is 0 Å². The number of aromatic nitrogens is 2. The van der Waals surface area contributed by atoms with Gasteiger partial charge in [0.15, 0.2) is 5.65 Å². The van der Waals surface area contributed by atoms with Crippen molar-refractivity contribution in [2.75, 3.05) is 0 Å². The summed E-state index contributed by atoms with van der Waals surface area (Å²) in [5.41, 5.74) is 2.77. The van der Waals surface area contributed by atoms with Gasteiger partial charge in [-0.05, 0) is 54.8 Å². The Morgan fingerprint density at radius 1 is 1.45 bits per heavy atom. The predicted molar refractivity (Wildman–Crippen MR) is 87.8 cm³/mol. The Labute approximate surface area is 130 Å². The van der Waals surface area contributed by atoms with Gasteiger partial charge in [0.2, 0.25) is 0 Å². The van der Waals surface area contributed by atoms with E-state index in [1.807, 2.05) is 37.6 Å². The molecule has 6 heteroatoms. The first-order chi connectivity index (χ1) is 9.31. The van der Waals surface area contributed by atoms with E-state index in [9.17, 15) is 4.55 Å². The van der Waals surface area contributed by atoms with E-state index >= 15 is 0 Å². The SMILES string of the molecule is CCc1cc(Br)c2nc(/C=N/[S@+]([O-])C(C)(C)C)cn2c1. The number of hydrogen-bond acceptors (Lipinski definition) is 3. The lowest BCUT2D eigenvalue weighted by molar-refractivity contribution is 0.562. The van der Waals surface area contributed by atoms with Gasteiger partial charge in [-0.1, -0.05) is 11.3 Å². The largest absolute Gasteiger partial charge is 0.591 e. The van der Waals surface area contributed by atoms with Crippen LogP contribution in [0.3, 0.4) is 0 Å². The summed E-state index contributed by atoms with van der Waals surface area (Å²) in [6.07, 6.45) is 6.48. The van der Waals surface area contributed by atoms with Crippen LogP contribution in [-0.4, -0.2) is 24.9 Å². The molecule has 20 heavy (non-hydrogen) atoms. The first-order valence-electron chi connectivity index (χ1n) is 6.44. The summed E-state index contributed by atoms with van der Waals surface area (Å²) in [6.45, 7) is 7.80. The molecule has 4 nitrogen and oxygen atoms in total. The van der Waals surface area contributed by atoms with Crippen molar-refractivity contribution in [3.8, 4) is 0 Å². The summed E-state index contributed by atoms with van der Waals surface area (Å²) >= 11 is 2.26. The lowest BCUT2D eigenvalue weighted by Crippen LogP contribution is -2.25. The van der Waals surface area contributed by atoms with E-state index in [-0.39, 0.29) is 4.75 Å². The summed E-state index contributed by atoms with van der Waals surface area (Å²) in [5, 5.41) is 0. The highest BCUT2D eigenvalue weighted by atomic mass is 79.9. The molecule has 1 atom stereocenters. The molecule has 2 heterocycles. The van der Waals surface area contributed by atoms with Crippen LogP contribution in [0.2, 0.25) is 0 Å². The van der Waals surface area contributed by atoms with Crippen molar-refractivity contribution in [1.29, 1.82) is 0 Å². The summed E-state index contributed by atoms with van der Waals surface area (Å²) in [7, 11) is 0. The summed E-state index contributed by atoms with van der Waals surface area (Å²) in [4.78, 5) is 4.47. The smallest absolute Gasteiger partial charge is 0.151 e. The molecule has 0 radical (unpaired) electrons. The van der Waals surface area contributed by atoms with Crippen LogP contribution in [0.1, 0.15) is 39.0 Å². The van der Waals surface area contributed by atoms with Gasteiger partial charge in [-0.3, -0.25) is 0 Å². The third-order valence-corrected chi connectivity index (χ3v) is 4.72. The molecule has 0 saturated heterocycles. The van der Waals surface area contributed by atoms with Gasteiger partial charge < -0.3 is 8.95 Å². The molecule has 0 aromatic carbocycles. The van der Waals surface area contributed by atoms with Crippen molar-refractivity contribution in [1.82, 2.24) is 9.38 Å². The average molecular weight is 356 g/mol. The first kappa shape index (κ1) is 15.5. The highest BCUT2D eigenvalue weighted by Crippen LogP contribution is 2.20. The Balaban J connectivity index is 2.33. The third kappa shape index (κ3) is 3.42. The maximum atomic E-state index is 11.9. The van der Waals surface area contributed by atoms with Crippen LogP contribution >= 0.6 is 15.9 Å². The van der Waals surface area contributed by atoms with Gasteiger partial charge in [-0.15, -0.1) is 0 Å². The Morgan fingerprint density at radius 2 is 2.15 bits per heavy atom.